The molecule has 0 unspecified atom stereocenters. The summed E-state index contributed by atoms with van der Waals surface area (Å²) in [5, 5.41) is 3.28. The molecule has 3 rings (SSSR count). The fourth-order valence-corrected chi connectivity index (χ4v) is 2.45. The molecule has 0 aromatic heterocycles. The summed E-state index contributed by atoms with van der Waals surface area (Å²) < 4.78 is 43.0. The van der Waals surface area contributed by atoms with Gasteiger partial charge in [0, 0.05) is 12.2 Å². The van der Waals surface area contributed by atoms with E-state index in [1.54, 1.807) is 0 Å². The molecule has 110 valence electrons. The Morgan fingerprint density at radius 1 is 1.05 bits per heavy atom. The number of benzene rings is 2. The van der Waals surface area contributed by atoms with Crippen LogP contribution < -0.4 is 10.1 Å². The highest BCUT2D eigenvalue weighted by Crippen LogP contribution is 2.31. The van der Waals surface area contributed by atoms with Crippen molar-refractivity contribution in [3.63, 3.8) is 0 Å². The predicted molar refractivity (Wildman–Crippen MR) is 74.4 cm³/mol. The molecule has 1 heterocycles. The number of hydrogen-bond donors (Lipinski definition) is 1. The van der Waals surface area contributed by atoms with Gasteiger partial charge in [0.2, 0.25) is 0 Å². The molecule has 0 spiro atoms. The normalized spacial score (nSPS) is 13.7. The zero-order valence-electron chi connectivity index (χ0n) is 11.2. The van der Waals surface area contributed by atoms with Gasteiger partial charge in [0.05, 0.1) is 5.56 Å². The first-order valence-corrected chi connectivity index (χ1v) is 6.69. The quantitative estimate of drug-likeness (QED) is 0.913. The Morgan fingerprint density at radius 2 is 1.81 bits per heavy atom. The van der Waals surface area contributed by atoms with Gasteiger partial charge in [-0.1, -0.05) is 12.1 Å². The van der Waals surface area contributed by atoms with E-state index in [0.29, 0.717) is 12.4 Å². The van der Waals surface area contributed by atoms with E-state index in [1.165, 1.54) is 17.7 Å². The molecule has 1 N–H and O–H groups in total. The fraction of sp³-hybridized carbons (Fsp3) is 0.250. The number of halogens is 3. The van der Waals surface area contributed by atoms with E-state index in [1.807, 2.05) is 18.2 Å². The Labute approximate surface area is 120 Å². The van der Waals surface area contributed by atoms with Crippen LogP contribution in [0.15, 0.2) is 42.5 Å². The van der Waals surface area contributed by atoms with Crippen LogP contribution in [0.2, 0.25) is 0 Å². The zero-order valence-corrected chi connectivity index (χ0v) is 11.2. The van der Waals surface area contributed by atoms with Crippen molar-refractivity contribution in [3.8, 4) is 5.75 Å². The molecular weight excluding hydrogens is 279 g/mol. The van der Waals surface area contributed by atoms with Gasteiger partial charge in [0.15, 0.2) is 0 Å². The molecule has 2 nitrogen and oxygen atoms in total. The molecule has 2 aromatic carbocycles. The largest absolute Gasteiger partial charge is 0.489 e. The molecule has 5 heteroatoms. The molecular formula is C16H14F3NO. The van der Waals surface area contributed by atoms with Crippen molar-refractivity contribution in [1.82, 2.24) is 0 Å². The summed E-state index contributed by atoms with van der Waals surface area (Å²) >= 11 is 0. The summed E-state index contributed by atoms with van der Waals surface area (Å²) in [5.41, 5.74) is 2.74. The lowest BCUT2D eigenvalue weighted by molar-refractivity contribution is -0.137. The summed E-state index contributed by atoms with van der Waals surface area (Å²) in [6.45, 7) is 1.27. The average molecular weight is 293 g/mol. The molecule has 1 aliphatic rings. The second-order valence-electron chi connectivity index (χ2n) is 4.93. The SMILES string of the molecule is FC(F)(F)c1ccc(OCc2cccc3c2CCN3)cc1. The topological polar surface area (TPSA) is 21.3 Å². The molecule has 0 saturated heterocycles. The second-order valence-corrected chi connectivity index (χ2v) is 4.93. The van der Waals surface area contributed by atoms with Crippen molar-refractivity contribution >= 4 is 5.69 Å². The Hall–Kier alpha value is -2.17. The van der Waals surface area contributed by atoms with Crippen LogP contribution >= 0.6 is 0 Å². The summed E-state index contributed by atoms with van der Waals surface area (Å²) in [6.07, 6.45) is -3.37. The molecule has 0 radical (unpaired) electrons. The molecule has 2 aromatic rings. The third-order valence-corrected chi connectivity index (χ3v) is 3.54. The standard InChI is InChI=1S/C16H14F3NO/c17-16(18,19)12-4-6-13(7-5-12)21-10-11-2-1-3-15-14(11)8-9-20-15/h1-7,20H,8-10H2. The zero-order chi connectivity index (χ0) is 14.9. The van der Waals surface area contributed by atoms with Crippen molar-refractivity contribution in [2.24, 2.45) is 0 Å². The van der Waals surface area contributed by atoms with Crippen LogP contribution in [0.5, 0.6) is 5.75 Å². The first kappa shape index (κ1) is 13.8. The monoisotopic (exact) mass is 293 g/mol. The van der Waals surface area contributed by atoms with E-state index in [-0.39, 0.29) is 0 Å². The lowest BCUT2D eigenvalue weighted by Gasteiger charge is -2.11. The maximum absolute atomic E-state index is 12.5. The van der Waals surface area contributed by atoms with Crippen LogP contribution in [0.3, 0.4) is 0 Å². The molecule has 0 fully saturated rings. The summed E-state index contributed by atoms with van der Waals surface area (Å²) in [6, 6.07) is 10.7. The molecule has 1 aliphatic heterocycles. The average Bonchev–Trinajstić information content (AvgIpc) is 2.93. The fourth-order valence-electron chi connectivity index (χ4n) is 2.45. The lowest BCUT2D eigenvalue weighted by atomic mass is 10.1. The molecule has 0 aliphatic carbocycles. The van der Waals surface area contributed by atoms with Gasteiger partial charge in [-0.3, -0.25) is 0 Å². The number of nitrogens with one attached hydrogen (secondary N) is 1. The van der Waals surface area contributed by atoms with Crippen LogP contribution in [0, 0.1) is 0 Å². The highest BCUT2D eigenvalue weighted by atomic mass is 19.4. The maximum atomic E-state index is 12.5. The van der Waals surface area contributed by atoms with Gasteiger partial charge in [-0.25, -0.2) is 0 Å². The number of hydrogen-bond acceptors (Lipinski definition) is 2. The molecule has 21 heavy (non-hydrogen) atoms. The predicted octanol–water partition coefficient (Wildman–Crippen LogP) is 4.25. The van der Waals surface area contributed by atoms with Gasteiger partial charge in [-0.05, 0) is 47.9 Å². The number of rotatable bonds is 3. The first-order chi connectivity index (χ1) is 10.0. The third-order valence-electron chi connectivity index (χ3n) is 3.54. The smallest absolute Gasteiger partial charge is 0.416 e. The summed E-state index contributed by atoms with van der Waals surface area (Å²) in [5.74, 6) is 0.437. The Balaban J connectivity index is 1.70. The number of ether oxygens (including phenoxy) is 1. The minimum atomic E-state index is -4.32. The second kappa shape index (κ2) is 5.31. The number of fused-ring (bicyclic) bond motifs is 1. The van der Waals surface area contributed by atoms with E-state index in [4.69, 9.17) is 4.74 Å². The minimum absolute atomic E-state index is 0.357. The van der Waals surface area contributed by atoms with Crippen molar-refractivity contribution in [2.75, 3.05) is 11.9 Å². The van der Waals surface area contributed by atoms with Crippen molar-refractivity contribution in [2.45, 2.75) is 19.2 Å². The molecule has 0 bridgehead atoms. The highest BCUT2D eigenvalue weighted by molar-refractivity contribution is 5.58. The lowest BCUT2D eigenvalue weighted by Crippen LogP contribution is -2.04. The van der Waals surface area contributed by atoms with E-state index in [0.717, 1.165) is 36.3 Å². The molecule has 0 saturated carbocycles. The van der Waals surface area contributed by atoms with Crippen LogP contribution in [0.4, 0.5) is 18.9 Å². The van der Waals surface area contributed by atoms with Gasteiger partial charge >= 0.3 is 6.18 Å². The number of alkyl halides is 3. The Kier molecular flexibility index (Phi) is 3.49. The van der Waals surface area contributed by atoms with E-state index < -0.39 is 11.7 Å². The van der Waals surface area contributed by atoms with Crippen molar-refractivity contribution in [1.29, 1.82) is 0 Å². The molecule has 0 atom stereocenters. The van der Waals surface area contributed by atoms with Crippen molar-refractivity contribution in [3.05, 3.63) is 59.2 Å². The van der Waals surface area contributed by atoms with E-state index >= 15 is 0 Å². The van der Waals surface area contributed by atoms with Gasteiger partial charge in [-0.2, -0.15) is 13.2 Å². The van der Waals surface area contributed by atoms with Gasteiger partial charge in [0.1, 0.15) is 12.4 Å². The van der Waals surface area contributed by atoms with Gasteiger partial charge in [-0.15, -0.1) is 0 Å². The molecule has 0 amide bonds. The summed E-state index contributed by atoms with van der Waals surface area (Å²) in [4.78, 5) is 0. The summed E-state index contributed by atoms with van der Waals surface area (Å²) in [7, 11) is 0. The number of anilines is 1. The van der Waals surface area contributed by atoms with Crippen LogP contribution in [-0.4, -0.2) is 6.54 Å². The van der Waals surface area contributed by atoms with Crippen LogP contribution in [-0.2, 0) is 19.2 Å². The maximum Gasteiger partial charge on any atom is 0.416 e. The Morgan fingerprint density at radius 3 is 2.52 bits per heavy atom. The van der Waals surface area contributed by atoms with Crippen molar-refractivity contribution < 1.29 is 17.9 Å². The van der Waals surface area contributed by atoms with Gasteiger partial charge < -0.3 is 10.1 Å². The van der Waals surface area contributed by atoms with E-state index in [2.05, 4.69) is 5.32 Å². The third kappa shape index (κ3) is 2.96. The Bertz CT molecular complexity index is 635. The van der Waals surface area contributed by atoms with E-state index in [9.17, 15) is 13.2 Å². The minimum Gasteiger partial charge on any atom is -0.489 e. The van der Waals surface area contributed by atoms with Crippen LogP contribution in [0.1, 0.15) is 16.7 Å². The van der Waals surface area contributed by atoms with Crippen LogP contribution in [0.25, 0.3) is 0 Å². The highest BCUT2D eigenvalue weighted by Gasteiger charge is 2.30. The first-order valence-electron chi connectivity index (χ1n) is 6.69. The van der Waals surface area contributed by atoms with Gasteiger partial charge in [0.25, 0.3) is 0 Å².